The Morgan fingerprint density at radius 1 is 0.848 bits per heavy atom. The summed E-state index contributed by atoms with van der Waals surface area (Å²) in [4.78, 5) is 14.6. The highest BCUT2D eigenvalue weighted by Gasteiger charge is 2.19. The Morgan fingerprint density at radius 3 is 2.27 bits per heavy atom. The minimum absolute atomic E-state index is 0.137. The number of carbonyl (C=O) groups excluding carboxylic acids is 1. The molecule has 7 heteroatoms. The number of amides is 1. The number of nitrogens with zero attached hydrogens (tertiary/aromatic N) is 1. The number of hydrogen-bond acceptors (Lipinski definition) is 3. The summed E-state index contributed by atoms with van der Waals surface area (Å²) in [5, 5.41) is 6.17. The van der Waals surface area contributed by atoms with Gasteiger partial charge in [-0.15, -0.1) is 0 Å². The molecule has 0 radical (unpaired) electrons. The molecule has 1 amide bonds. The Kier molecular flexibility index (Phi) is 7.29. The summed E-state index contributed by atoms with van der Waals surface area (Å²) in [5.74, 6) is -2.24. The van der Waals surface area contributed by atoms with E-state index in [1.54, 1.807) is 36.4 Å². The molecule has 4 nitrogen and oxygen atoms in total. The van der Waals surface area contributed by atoms with E-state index in [0.717, 1.165) is 43.2 Å². The highest BCUT2D eigenvalue weighted by Crippen LogP contribution is 2.21. The van der Waals surface area contributed by atoms with Crippen molar-refractivity contribution in [2.24, 2.45) is 0 Å². The average Bonchev–Trinajstić information content (AvgIpc) is 2.84. The fourth-order valence-corrected chi connectivity index (χ4v) is 4.00. The van der Waals surface area contributed by atoms with Crippen molar-refractivity contribution in [1.29, 1.82) is 0 Å². The van der Waals surface area contributed by atoms with Crippen LogP contribution in [0.25, 0.3) is 0 Å². The van der Waals surface area contributed by atoms with Crippen LogP contribution in [0.2, 0.25) is 0 Å². The van der Waals surface area contributed by atoms with Crippen molar-refractivity contribution in [3.63, 3.8) is 0 Å². The van der Waals surface area contributed by atoms with Crippen LogP contribution in [0.3, 0.4) is 0 Å². The van der Waals surface area contributed by atoms with Crippen LogP contribution < -0.4 is 15.5 Å². The quantitative estimate of drug-likeness (QED) is 0.541. The number of hydrogen-bond donors (Lipinski definition) is 2. The van der Waals surface area contributed by atoms with Gasteiger partial charge in [0.1, 0.15) is 5.82 Å². The first kappa shape index (κ1) is 22.9. The Bertz CT molecular complexity index is 1100. The smallest absolute Gasteiger partial charge is 0.251 e. The van der Waals surface area contributed by atoms with E-state index in [4.69, 9.17) is 0 Å². The molecule has 2 N–H and O–H groups in total. The lowest BCUT2D eigenvalue weighted by atomic mass is 10.0. The highest BCUT2D eigenvalue weighted by atomic mass is 19.2. The molecule has 1 aliphatic rings. The van der Waals surface area contributed by atoms with Gasteiger partial charge in [0.05, 0.1) is 0 Å². The third-order valence-corrected chi connectivity index (χ3v) is 5.97. The minimum Gasteiger partial charge on any atom is -0.371 e. The zero-order chi connectivity index (χ0) is 23.2. The highest BCUT2D eigenvalue weighted by molar-refractivity contribution is 5.94. The summed E-state index contributed by atoms with van der Waals surface area (Å²) < 4.78 is 40.1. The minimum atomic E-state index is -0.833. The normalized spacial score (nSPS) is 14.3. The topological polar surface area (TPSA) is 44.4 Å². The number of benzene rings is 3. The second kappa shape index (κ2) is 10.5. The van der Waals surface area contributed by atoms with Crippen LogP contribution in [-0.4, -0.2) is 25.0 Å². The predicted octanol–water partition coefficient (Wildman–Crippen LogP) is 4.79. The maximum atomic E-state index is 13.7. The lowest BCUT2D eigenvalue weighted by molar-refractivity contribution is 0.0950. The first-order valence-corrected chi connectivity index (χ1v) is 11.0. The molecular weight excluding hydrogens is 427 g/mol. The van der Waals surface area contributed by atoms with Crippen molar-refractivity contribution in [1.82, 2.24) is 10.6 Å². The van der Waals surface area contributed by atoms with Gasteiger partial charge in [0.25, 0.3) is 5.91 Å². The van der Waals surface area contributed by atoms with Crippen molar-refractivity contribution >= 4 is 11.6 Å². The molecule has 172 valence electrons. The van der Waals surface area contributed by atoms with Gasteiger partial charge in [0.15, 0.2) is 11.6 Å². The Labute approximate surface area is 191 Å². The molecule has 4 rings (SSSR count). The standard InChI is InChI=1S/C26H26F3N3O/c27-23-4-2-1-3-20(23)17-31-26(33)19-6-8-22(9-7-19)32-13-11-21(12-14-32)30-16-18-5-10-24(28)25(29)15-18/h1-10,15,21,30H,11-14,16-17H2,(H,31,33). The van der Waals surface area contributed by atoms with Crippen molar-refractivity contribution in [3.05, 3.63) is 101 Å². The van der Waals surface area contributed by atoms with E-state index >= 15 is 0 Å². The largest absolute Gasteiger partial charge is 0.371 e. The number of carbonyl (C=O) groups is 1. The number of anilines is 1. The zero-order valence-corrected chi connectivity index (χ0v) is 18.2. The van der Waals surface area contributed by atoms with Crippen LogP contribution >= 0.6 is 0 Å². The summed E-state index contributed by atoms with van der Waals surface area (Å²) >= 11 is 0. The first-order chi connectivity index (χ1) is 16.0. The second-order valence-corrected chi connectivity index (χ2v) is 8.21. The first-order valence-electron chi connectivity index (χ1n) is 11.0. The van der Waals surface area contributed by atoms with Crippen LogP contribution in [0.4, 0.5) is 18.9 Å². The number of nitrogens with one attached hydrogen (secondary N) is 2. The molecule has 0 spiro atoms. The zero-order valence-electron chi connectivity index (χ0n) is 18.2. The Morgan fingerprint density at radius 2 is 1.58 bits per heavy atom. The van der Waals surface area contributed by atoms with Gasteiger partial charge >= 0.3 is 0 Å². The lowest BCUT2D eigenvalue weighted by Crippen LogP contribution is -2.42. The van der Waals surface area contributed by atoms with Crippen molar-refractivity contribution in [2.75, 3.05) is 18.0 Å². The van der Waals surface area contributed by atoms with E-state index in [1.807, 2.05) is 12.1 Å². The molecule has 1 saturated heterocycles. The maximum absolute atomic E-state index is 13.7. The van der Waals surface area contributed by atoms with Gasteiger partial charge < -0.3 is 15.5 Å². The van der Waals surface area contributed by atoms with Crippen LogP contribution in [0.15, 0.2) is 66.7 Å². The molecule has 0 unspecified atom stereocenters. The molecule has 33 heavy (non-hydrogen) atoms. The Hall–Kier alpha value is -3.32. The summed E-state index contributed by atoms with van der Waals surface area (Å²) in [6, 6.07) is 18.0. The molecule has 0 saturated carbocycles. The fraction of sp³-hybridized carbons (Fsp3) is 0.269. The molecule has 0 aliphatic carbocycles. The number of halogens is 3. The summed E-state index contributed by atoms with van der Waals surface area (Å²) in [5.41, 5.74) is 2.74. The van der Waals surface area contributed by atoms with Gasteiger partial charge in [-0.05, 0) is 60.9 Å². The summed E-state index contributed by atoms with van der Waals surface area (Å²) in [6.45, 7) is 2.35. The van der Waals surface area contributed by atoms with Crippen LogP contribution in [0.5, 0.6) is 0 Å². The summed E-state index contributed by atoms with van der Waals surface area (Å²) in [7, 11) is 0. The van der Waals surface area contributed by atoms with E-state index in [0.29, 0.717) is 23.7 Å². The van der Waals surface area contributed by atoms with Gasteiger partial charge in [0, 0.05) is 49.0 Å². The van der Waals surface area contributed by atoms with Gasteiger partial charge in [-0.3, -0.25) is 4.79 Å². The average molecular weight is 454 g/mol. The van der Waals surface area contributed by atoms with Gasteiger partial charge in [-0.25, -0.2) is 13.2 Å². The number of rotatable bonds is 7. The van der Waals surface area contributed by atoms with Crippen molar-refractivity contribution in [3.8, 4) is 0 Å². The van der Waals surface area contributed by atoms with Gasteiger partial charge in [-0.1, -0.05) is 24.3 Å². The molecule has 3 aromatic carbocycles. The second-order valence-electron chi connectivity index (χ2n) is 8.21. The molecule has 1 fully saturated rings. The Balaban J connectivity index is 1.24. The SMILES string of the molecule is O=C(NCc1ccccc1F)c1ccc(N2CCC(NCc3ccc(F)c(F)c3)CC2)cc1. The summed E-state index contributed by atoms with van der Waals surface area (Å²) in [6.07, 6.45) is 1.85. The lowest BCUT2D eigenvalue weighted by Gasteiger charge is -2.34. The molecule has 1 heterocycles. The van der Waals surface area contributed by atoms with Crippen LogP contribution in [-0.2, 0) is 13.1 Å². The maximum Gasteiger partial charge on any atom is 0.251 e. The molecular formula is C26H26F3N3O. The monoisotopic (exact) mass is 453 g/mol. The van der Waals surface area contributed by atoms with Crippen LogP contribution in [0, 0.1) is 17.5 Å². The molecule has 0 bridgehead atoms. The molecule has 1 aliphatic heterocycles. The van der Waals surface area contributed by atoms with E-state index in [2.05, 4.69) is 15.5 Å². The van der Waals surface area contributed by atoms with Gasteiger partial charge in [-0.2, -0.15) is 0 Å². The predicted molar refractivity (Wildman–Crippen MR) is 122 cm³/mol. The molecule has 3 aromatic rings. The van der Waals surface area contributed by atoms with Crippen LogP contribution in [0.1, 0.15) is 34.3 Å². The molecule has 0 atom stereocenters. The van der Waals surface area contributed by atoms with Crippen molar-refractivity contribution in [2.45, 2.75) is 32.0 Å². The fourth-order valence-electron chi connectivity index (χ4n) is 4.00. The number of piperidine rings is 1. The van der Waals surface area contributed by atoms with Crippen molar-refractivity contribution < 1.29 is 18.0 Å². The van der Waals surface area contributed by atoms with E-state index < -0.39 is 11.6 Å². The molecule has 0 aromatic heterocycles. The van der Waals surface area contributed by atoms with E-state index in [9.17, 15) is 18.0 Å². The van der Waals surface area contributed by atoms with E-state index in [-0.39, 0.29) is 18.3 Å². The third kappa shape index (κ3) is 5.93. The van der Waals surface area contributed by atoms with E-state index in [1.165, 1.54) is 12.1 Å². The van der Waals surface area contributed by atoms with Gasteiger partial charge in [0.2, 0.25) is 0 Å². The third-order valence-electron chi connectivity index (χ3n) is 5.97.